The molecule has 0 aliphatic carbocycles. The van der Waals surface area contributed by atoms with Gasteiger partial charge >= 0.3 is 11.9 Å². The minimum absolute atomic E-state index is 0.0948. The monoisotopic (exact) mass is 402 g/mol. The molecule has 3 N–H and O–H groups in total. The molecule has 1 atom stereocenters. The van der Waals surface area contributed by atoms with Crippen molar-refractivity contribution in [1.82, 2.24) is 19.6 Å². The van der Waals surface area contributed by atoms with E-state index in [2.05, 4.69) is 4.90 Å². The molecule has 1 rings (SSSR count). The highest BCUT2D eigenvalue weighted by molar-refractivity contribution is 5.69. The summed E-state index contributed by atoms with van der Waals surface area (Å²) in [5, 5.41) is 27.9. The second kappa shape index (κ2) is 13.6. The zero-order valence-electron chi connectivity index (χ0n) is 16.7. The third-order valence-electron chi connectivity index (χ3n) is 4.84. The summed E-state index contributed by atoms with van der Waals surface area (Å²) in [6, 6.07) is 0. The van der Waals surface area contributed by atoms with Gasteiger partial charge < -0.3 is 25.0 Å². The van der Waals surface area contributed by atoms with Crippen LogP contribution in [0.3, 0.4) is 0 Å². The number of hydrogen-bond donors (Lipinski definition) is 3. The fraction of sp³-hybridized carbons (Fsp3) is 0.833. The molecular weight excluding hydrogens is 368 g/mol. The highest BCUT2D eigenvalue weighted by atomic mass is 16.4. The van der Waals surface area contributed by atoms with Gasteiger partial charge in [0.15, 0.2) is 0 Å². The van der Waals surface area contributed by atoms with Crippen molar-refractivity contribution in [3.05, 3.63) is 0 Å². The van der Waals surface area contributed by atoms with Crippen LogP contribution < -0.4 is 0 Å². The van der Waals surface area contributed by atoms with E-state index in [4.69, 9.17) is 10.2 Å². The molecule has 1 unspecified atom stereocenters. The van der Waals surface area contributed by atoms with Gasteiger partial charge in [0.1, 0.15) is 6.29 Å². The average molecular weight is 402 g/mol. The minimum Gasteiger partial charge on any atom is -0.480 e. The van der Waals surface area contributed by atoms with Crippen LogP contribution in [0.25, 0.3) is 0 Å². The highest BCUT2D eigenvalue weighted by Crippen LogP contribution is 2.02. The molecule has 0 saturated carbocycles. The smallest absolute Gasteiger partial charge is 0.317 e. The summed E-state index contributed by atoms with van der Waals surface area (Å²) in [5.41, 5.74) is 0. The molecule has 10 nitrogen and oxygen atoms in total. The van der Waals surface area contributed by atoms with Crippen LogP contribution >= 0.6 is 0 Å². The van der Waals surface area contributed by atoms with Gasteiger partial charge in [0, 0.05) is 58.9 Å². The van der Waals surface area contributed by atoms with E-state index < -0.39 is 18.0 Å². The first-order valence-corrected chi connectivity index (χ1v) is 9.75. The van der Waals surface area contributed by atoms with Gasteiger partial charge in [-0.3, -0.25) is 24.3 Å². The van der Waals surface area contributed by atoms with Gasteiger partial charge in [-0.15, -0.1) is 0 Å². The largest absolute Gasteiger partial charge is 0.480 e. The second-order valence-electron chi connectivity index (χ2n) is 7.29. The molecular formula is C18H34N4O6. The number of carbonyl (C=O) groups excluding carboxylic acids is 1. The lowest BCUT2D eigenvalue weighted by Crippen LogP contribution is -2.48. The standard InChI is InChI=1S/C18H34N4O6/c1-16(24)2-3-19-4-5-20(12-13-23)7-9-22(15-18(27)28)11-10-21(8-6-19)14-17(25)26/h13,16,24H,2-12,14-15H2,1H3,(H,25,26)(H,27,28). The number of hydrogen-bond acceptors (Lipinski definition) is 8. The van der Waals surface area contributed by atoms with Crippen LogP contribution in [-0.2, 0) is 14.4 Å². The molecule has 162 valence electrons. The molecule has 0 radical (unpaired) electrons. The molecule has 0 bridgehead atoms. The summed E-state index contributed by atoms with van der Waals surface area (Å²) >= 11 is 0. The Morgan fingerprint density at radius 3 is 1.57 bits per heavy atom. The number of carboxylic acids is 2. The molecule has 0 aromatic carbocycles. The van der Waals surface area contributed by atoms with Gasteiger partial charge in [-0.25, -0.2) is 0 Å². The van der Waals surface area contributed by atoms with E-state index in [1.165, 1.54) is 0 Å². The maximum Gasteiger partial charge on any atom is 0.317 e. The summed E-state index contributed by atoms with van der Waals surface area (Å²) in [5.74, 6) is -1.84. The van der Waals surface area contributed by atoms with Crippen molar-refractivity contribution in [2.24, 2.45) is 0 Å². The molecule has 1 fully saturated rings. The molecule has 1 aliphatic heterocycles. The first-order chi connectivity index (χ1) is 13.3. The van der Waals surface area contributed by atoms with E-state index in [1.807, 2.05) is 9.80 Å². The van der Waals surface area contributed by atoms with Gasteiger partial charge in [-0.05, 0) is 13.3 Å². The number of aliphatic hydroxyl groups excluding tert-OH is 1. The number of rotatable bonds is 9. The van der Waals surface area contributed by atoms with Crippen molar-refractivity contribution >= 4 is 18.2 Å². The number of aliphatic hydroxyl groups is 1. The molecule has 10 heteroatoms. The zero-order chi connectivity index (χ0) is 20.9. The fourth-order valence-corrected chi connectivity index (χ4v) is 3.16. The molecule has 1 heterocycles. The Bertz CT molecular complexity index is 491. The Hall–Kier alpha value is -1.59. The maximum atomic E-state index is 11.2. The van der Waals surface area contributed by atoms with E-state index in [9.17, 15) is 19.5 Å². The first-order valence-electron chi connectivity index (χ1n) is 9.75. The van der Waals surface area contributed by atoms with Crippen molar-refractivity contribution in [2.75, 3.05) is 78.5 Å². The second-order valence-corrected chi connectivity index (χ2v) is 7.29. The summed E-state index contributed by atoms with van der Waals surface area (Å²) in [6.45, 7) is 7.01. The number of aliphatic carboxylic acids is 2. The molecule has 1 saturated heterocycles. The van der Waals surface area contributed by atoms with Crippen molar-refractivity contribution in [2.45, 2.75) is 19.4 Å². The molecule has 0 aromatic rings. The number of carboxylic acid groups (broad SMARTS) is 2. The van der Waals surface area contributed by atoms with Gasteiger partial charge in [-0.1, -0.05) is 0 Å². The van der Waals surface area contributed by atoms with Crippen LogP contribution in [0.15, 0.2) is 0 Å². The zero-order valence-corrected chi connectivity index (χ0v) is 16.7. The average Bonchev–Trinajstić information content (AvgIpc) is 2.60. The lowest BCUT2D eigenvalue weighted by atomic mass is 10.2. The van der Waals surface area contributed by atoms with E-state index in [0.29, 0.717) is 65.3 Å². The third kappa shape index (κ3) is 11.3. The quantitative estimate of drug-likeness (QED) is 0.386. The highest BCUT2D eigenvalue weighted by Gasteiger charge is 2.19. The van der Waals surface area contributed by atoms with Crippen molar-refractivity contribution in [1.29, 1.82) is 0 Å². The molecule has 1 aliphatic rings. The third-order valence-corrected chi connectivity index (χ3v) is 4.84. The molecule has 0 amide bonds. The lowest BCUT2D eigenvalue weighted by Gasteiger charge is -2.33. The summed E-state index contributed by atoms with van der Waals surface area (Å²) in [6.07, 6.45) is 1.06. The topological polar surface area (TPSA) is 125 Å². The van der Waals surface area contributed by atoms with Crippen LogP contribution in [0.4, 0.5) is 0 Å². The van der Waals surface area contributed by atoms with Crippen LogP contribution in [0.2, 0.25) is 0 Å². The predicted molar refractivity (Wildman–Crippen MR) is 103 cm³/mol. The van der Waals surface area contributed by atoms with E-state index in [0.717, 1.165) is 6.29 Å². The van der Waals surface area contributed by atoms with E-state index in [1.54, 1.807) is 11.8 Å². The Balaban J connectivity index is 2.83. The van der Waals surface area contributed by atoms with Gasteiger partial charge in [0.2, 0.25) is 0 Å². The normalized spacial score (nSPS) is 20.8. The van der Waals surface area contributed by atoms with E-state index in [-0.39, 0.29) is 19.6 Å². The van der Waals surface area contributed by atoms with E-state index >= 15 is 0 Å². The summed E-state index contributed by atoms with van der Waals surface area (Å²) < 4.78 is 0. The predicted octanol–water partition coefficient (Wildman–Crippen LogP) is -1.65. The van der Waals surface area contributed by atoms with Crippen LogP contribution in [-0.4, -0.2) is 138 Å². The van der Waals surface area contributed by atoms with Crippen LogP contribution in [0, 0.1) is 0 Å². The van der Waals surface area contributed by atoms with Crippen LogP contribution in [0.1, 0.15) is 13.3 Å². The molecule has 0 spiro atoms. The maximum absolute atomic E-state index is 11.2. The van der Waals surface area contributed by atoms with Gasteiger partial charge in [0.05, 0.1) is 25.7 Å². The molecule has 28 heavy (non-hydrogen) atoms. The Morgan fingerprint density at radius 2 is 1.21 bits per heavy atom. The Labute approximate surface area is 166 Å². The Kier molecular flexibility index (Phi) is 11.8. The lowest BCUT2D eigenvalue weighted by molar-refractivity contribution is -0.140. The summed E-state index contributed by atoms with van der Waals surface area (Å²) in [4.78, 5) is 41.1. The van der Waals surface area contributed by atoms with Crippen molar-refractivity contribution in [3.8, 4) is 0 Å². The SMILES string of the molecule is CC(O)CCN1CCN(CC=O)CCN(CC(=O)O)CCN(CC(=O)O)CC1. The summed E-state index contributed by atoms with van der Waals surface area (Å²) in [7, 11) is 0. The Morgan fingerprint density at radius 1 is 0.821 bits per heavy atom. The molecule has 0 aromatic heterocycles. The fourth-order valence-electron chi connectivity index (χ4n) is 3.16. The van der Waals surface area contributed by atoms with Crippen molar-refractivity contribution < 1.29 is 29.7 Å². The van der Waals surface area contributed by atoms with Crippen LogP contribution in [0.5, 0.6) is 0 Å². The first kappa shape index (κ1) is 24.4. The minimum atomic E-state index is -0.928. The van der Waals surface area contributed by atoms with Crippen molar-refractivity contribution in [3.63, 3.8) is 0 Å². The van der Waals surface area contributed by atoms with Gasteiger partial charge in [-0.2, -0.15) is 0 Å². The number of nitrogens with zero attached hydrogens (tertiary/aromatic N) is 4. The number of aldehydes is 1. The number of carbonyl (C=O) groups is 3. The van der Waals surface area contributed by atoms with Gasteiger partial charge in [0.25, 0.3) is 0 Å².